The maximum Gasteiger partial charge on any atom is 0.127 e. The van der Waals surface area contributed by atoms with Crippen molar-refractivity contribution in [3.05, 3.63) is 23.4 Å². The molecule has 17 heavy (non-hydrogen) atoms. The number of pyridine rings is 1. The Morgan fingerprint density at radius 1 is 1.35 bits per heavy atom. The van der Waals surface area contributed by atoms with Crippen molar-refractivity contribution < 1.29 is 0 Å². The number of nitrogens with one attached hydrogen (secondary N) is 1. The van der Waals surface area contributed by atoms with Crippen molar-refractivity contribution in [3.63, 3.8) is 0 Å². The molecule has 92 valence electrons. The minimum absolute atomic E-state index is 0.669. The molecule has 1 N–H and O–H groups in total. The average molecular weight is 249 g/mol. The molecule has 1 aromatic rings. The highest BCUT2D eigenvalue weighted by Crippen LogP contribution is 2.09. The van der Waals surface area contributed by atoms with Crippen molar-refractivity contribution in [1.29, 1.82) is 5.26 Å². The van der Waals surface area contributed by atoms with E-state index in [2.05, 4.69) is 22.6 Å². The first kappa shape index (κ1) is 13.9. The quantitative estimate of drug-likeness (QED) is 0.754. The lowest BCUT2D eigenvalue weighted by Crippen LogP contribution is -2.04. The smallest absolute Gasteiger partial charge is 0.127 e. The minimum atomic E-state index is 0.669. The van der Waals surface area contributed by atoms with Crippen LogP contribution < -0.4 is 5.32 Å². The number of nitrogens with zero attached hydrogens (tertiary/aromatic N) is 2. The Labute approximate surface area is 108 Å². The molecule has 0 saturated carbocycles. The molecule has 0 radical (unpaired) electrons. The second-order valence-electron chi connectivity index (χ2n) is 3.97. The summed E-state index contributed by atoms with van der Waals surface area (Å²) in [7, 11) is 0. The van der Waals surface area contributed by atoms with Crippen LogP contribution in [0.3, 0.4) is 0 Å². The summed E-state index contributed by atoms with van der Waals surface area (Å²) in [6.07, 6.45) is 5.80. The molecule has 0 amide bonds. The molecule has 0 spiro atoms. The van der Waals surface area contributed by atoms with Crippen LogP contribution in [0.2, 0.25) is 0 Å². The zero-order valence-electron chi connectivity index (χ0n) is 10.5. The second kappa shape index (κ2) is 7.97. The van der Waals surface area contributed by atoms with Gasteiger partial charge in [-0.1, -0.05) is 6.42 Å². The van der Waals surface area contributed by atoms with Crippen LogP contribution >= 0.6 is 11.8 Å². The van der Waals surface area contributed by atoms with Gasteiger partial charge in [0.25, 0.3) is 0 Å². The van der Waals surface area contributed by atoms with Gasteiger partial charge in [-0.25, -0.2) is 4.98 Å². The molecule has 1 rings (SSSR count). The van der Waals surface area contributed by atoms with Crippen molar-refractivity contribution in [2.45, 2.75) is 26.2 Å². The molecule has 3 nitrogen and oxygen atoms in total. The molecule has 0 fully saturated rings. The van der Waals surface area contributed by atoms with E-state index in [9.17, 15) is 0 Å². The highest BCUT2D eigenvalue weighted by Gasteiger charge is 1.98. The van der Waals surface area contributed by atoms with E-state index in [1.165, 1.54) is 18.6 Å². The van der Waals surface area contributed by atoms with E-state index < -0.39 is 0 Å². The SMILES string of the molecule is CSCCCCCNc1cc(C#N)cc(C)n1. The van der Waals surface area contributed by atoms with Gasteiger partial charge in [0.2, 0.25) is 0 Å². The fraction of sp³-hybridized carbons (Fsp3) is 0.538. The van der Waals surface area contributed by atoms with Crippen molar-refractivity contribution in [2.75, 3.05) is 23.9 Å². The summed E-state index contributed by atoms with van der Waals surface area (Å²) in [5, 5.41) is 12.1. The molecule has 0 bridgehead atoms. The number of nitriles is 1. The number of thioether (sulfide) groups is 1. The highest BCUT2D eigenvalue weighted by molar-refractivity contribution is 7.98. The van der Waals surface area contributed by atoms with Crippen LogP contribution in [0.4, 0.5) is 5.82 Å². The van der Waals surface area contributed by atoms with Crippen LogP contribution in [-0.2, 0) is 0 Å². The fourth-order valence-electron chi connectivity index (χ4n) is 1.59. The monoisotopic (exact) mass is 249 g/mol. The van der Waals surface area contributed by atoms with Gasteiger partial charge < -0.3 is 5.32 Å². The van der Waals surface area contributed by atoms with Crippen LogP contribution in [0.25, 0.3) is 0 Å². The van der Waals surface area contributed by atoms with Gasteiger partial charge in [0, 0.05) is 12.2 Å². The van der Waals surface area contributed by atoms with Crippen LogP contribution in [0, 0.1) is 18.3 Å². The summed E-state index contributed by atoms with van der Waals surface area (Å²) in [5.41, 5.74) is 1.55. The van der Waals surface area contributed by atoms with Gasteiger partial charge in [0.15, 0.2) is 0 Å². The van der Waals surface area contributed by atoms with E-state index >= 15 is 0 Å². The third-order valence-electron chi connectivity index (χ3n) is 2.41. The molecule has 0 unspecified atom stereocenters. The number of hydrogen-bond acceptors (Lipinski definition) is 4. The van der Waals surface area contributed by atoms with E-state index in [0.717, 1.165) is 24.5 Å². The van der Waals surface area contributed by atoms with Crippen molar-refractivity contribution in [2.24, 2.45) is 0 Å². The standard InChI is InChI=1S/C13H19N3S/c1-11-8-12(10-14)9-13(16-11)15-6-4-3-5-7-17-2/h8-9H,3-7H2,1-2H3,(H,15,16). The summed E-state index contributed by atoms with van der Waals surface area (Å²) < 4.78 is 0. The first-order chi connectivity index (χ1) is 8.26. The van der Waals surface area contributed by atoms with E-state index in [1.54, 1.807) is 12.1 Å². The Bertz CT molecular complexity index is 385. The maximum atomic E-state index is 8.85. The average Bonchev–Trinajstić information content (AvgIpc) is 2.33. The Hall–Kier alpha value is -1.21. The van der Waals surface area contributed by atoms with E-state index in [1.807, 2.05) is 18.7 Å². The van der Waals surface area contributed by atoms with E-state index in [-0.39, 0.29) is 0 Å². The Kier molecular flexibility index (Phi) is 6.49. The lowest BCUT2D eigenvalue weighted by Gasteiger charge is -2.06. The number of unbranched alkanes of at least 4 members (excludes halogenated alkanes) is 2. The second-order valence-corrected chi connectivity index (χ2v) is 4.96. The number of aromatic nitrogens is 1. The number of hydrogen-bond donors (Lipinski definition) is 1. The molecule has 0 aromatic carbocycles. The van der Waals surface area contributed by atoms with Crippen LogP contribution in [-0.4, -0.2) is 23.5 Å². The van der Waals surface area contributed by atoms with Gasteiger partial charge in [-0.2, -0.15) is 17.0 Å². The summed E-state index contributed by atoms with van der Waals surface area (Å²) in [6, 6.07) is 5.74. The molecule has 0 aliphatic rings. The first-order valence-corrected chi connectivity index (χ1v) is 7.27. The molecule has 0 aliphatic heterocycles. The molecule has 0 saturated heterocycles. The summed E-state index contributed by atoms with van der Waals surface area (Å²) in [5.74, 6) is 2.05. The van der Waals surface area contributed by atoms with Crippen LogP contribution in [0.5, 0.6) is 0 Å². The predicted octanol–water partition coefficient (Wildman–Crippen LogP) is 3.21. The maximum absolute atomic E-state index is 8.85. The Balaban J connectivity index is 2.32. The summed E-state index contributed by atoms with van der Waals surface area (Å²) in [4.78, 5) is 4.35. The molecule has 0 aliphatic carbocycles. The highest BCUT2D eigenvalue weighted by atomic mass is 32.2. The third-order valence-corrected chi connectivity index (χ3v) is 3.11. The zero-order valence-corrected chi connectivity index (χ0v) is 11.3. The minimum Gasteiger partial charge on any atom is -0.370 e. The summed E-state index contributed by atoms with van der Waals surface area (Å²) in [6.45, 7) is 2.83. The largest absolute Gasteiger partial charge is 0.370 e. The van der Waals surface area contributed by atoms with Gasteiger partial charge in [-0.05, 0) is 43.9 Å². The van der Waals surface area contributed by atoms with Crippen molar-refractivity contribution >= 4 is 17.6 Å². The third kappa shape index (κ3) is 5.60. The van der Waals surface area contributed by atoms with E-state index in [0.29, 0.717) is 5.56 Å². The van der Waals surface area contributed by atoms with Gasteiger partial charge in [-0.15, -0.1) is 0 Å². The summed E-state index contributed by atoms with van der Waals surface area (Å²) >= 11 is 1.89. The number of aryl methyl sites for hydroxylation is 1. The Morgan fingerprint density at radius 3 is 2.88 bits per heavy atom. The lowest BCUT2D eigenvalue weighted by atomic mass is 10.2. The normalized spacial score (nSPS) is 9.94. The number of anilines is 1. The lowest BCUT2D eigenvalue weighted by molar-refractivity contribution is 0.748. The molecule has 4 heteroatoms. The van der Waals surface area contributed by atoms with Gasteiger partial charge >= 0.3 is 0 Å². The molecule has 0 atom stereocenters. The Morgan fingerprint density at radius 2 is 2.18 bits per heavy atom. The van der Waals surface area contributed by atoms with Crippen molar-refractivity contribution in [1.82, 2.24) is 4.98 Å². The van der Waals surface area contributed by atoms with Crippen molar-refractivity contribution in [3.8, 4) is 6.07 Å². The molecule has 1 aromatic heterocycles. The fourth-order valence-corrected chi connectivity index (χ4v) is 2.08. The van der Waals surface area contributed by atoms with Crippen LogP contribution in [0.1, 0.15) is 30.5 Å². The zero-order chi connectivity index (χ0) is 12.5. The predicted molar refractivity (Wildman–Crippen MR) is 74.4 cm³/mol. The van der Waals surface area contributed by atoms with Gasteiger partial charge in [-0.3, -0.25) is 0 Å². The molecule has 1 heterocycles. The molecular weight excluding hydrogens is 230 g/mol. The van der Waals surface area contributed by atoms with Gasteiger partial charge in [0.1, 0.15) is 5.82 Å². The molecular formula is C13H19N3S. The number of rotatable bonds is 7. The topological polar surface area (TPSA) is 48.7 Å². The van der Waals surface area contributed by atoms with E-state index in [4.69, 9.17) is 5.26 Å². The first-order valence-electron chi connectivity index (χ1n) is 5.88. The van der Waals surface area contributed by atoms with Crippen LogP contribution in [0.15, 0.2) is 12.1 Å². The van der Waals surface area contributed by atoms with Gasteiger partial charge in [0.05, 0.1) is 11.6 Å².